The SMILES string of the molecule is CC.CC.Cc1c(Cl)ccc(Cl)c1-c1c2c(C)c(C)c(=O)c(C)c-2oc2c(C)c(O)c(C)c(C)c12.O=C=O. The van der Waals surface area contributed by atoms with Gasteiger partial charge in [0.15, 0.2) is 5.43 Å². The van der Waals surface area contributed by atoms with Gasteiger partial charge in [-0.25, -0.2) is 0 Å². The van der Waals surface area contributed by atoms with Crippen molar-refractivity contribution >= 4 is 40.3 Å². The maximum absolute atomic E-state index is 12.9. The number of hydrogen-bond donors (Lipinski definition) is 1. The molecule has 0 saturated carbocycles. The Bertz CT molecular complexity index is 1540. The van der Waals surface area contributed by atoms with Crippen LogP contribution < -0.4 is 5.43 Å². The summed E-state index contributed by atoms with van der Waals surface area (Å²) < 4.78 is 6.38. The van der Waals surface area contributed by atoms with E-state index in [0.717, 1.165) is 44.3 Å². The van der Waals surface area contributed by atoms with E-state index in [1.165, 1.54) is 0 Å². The van der Waals surface area contributed by atoms with Crippen LogP contribution >= 0.6 is 23.2 Å². The zero-order valence-electron chi connectivity index (χ0n) is 24.0. The van der Waals surface area contributed by atoms with Gasteiger partial charge in [-0.2, -0.15) is 9.59 Å². The van der Waals surface area contributed by atoms with Crippen molar-refractivity contribution in [2.75, 3.05) is 0 Å². The number of carbonyl (C=O) groups excluding carboxylic acids is 2. The van der Waals surface area contributed by atoms with Crippen LogP contribution in [0.4, 0.5) is 0 Å². The van der Waals surface area contributed by atoms with E-state index in [1.54, 1.807) is 19.1 Å². The molecule has 2 aromatic carbocycles. The molecule has 38 heavy (non-hydrogen) atoms. The monoisotopic (exact) mass is 558 g/mol. The molecular weight excluding hydrogens is 523 g/mol. The first kappa shape index (κ1) is 32.9. The number of benzene rings is 3. The summed E-state index contributed by atoms with van der Waals surface area (Å²) in [6.07, 6.45) is 0.250. The average Bonchev–Trinajstić information content (AvgIpc) is 2.92. The van der Waals surface area contributed by atoms with Crippen molar-refractivity contribution in [3.63, 3.8) is 0 Å². The molecular formula is C31H36Cl2O5. The zero-order chi connectivity index (χ0) is 29.6. The minimum Gasteiger partial charge on any atom is -0.507 e. The van der Waals surface area contributed by atoms with Crippen molar-refractivity contribution < 1.29 is 19.1 Å². The molecule has 4 rings (SSSR count). The summed E-state index contributed by atoms with van der Waals surface area (Å²) in [5.74, 6) is 0.702. The van der Waals surface area contributed by atoms with Crippen LogP contribution in [0, 0.1) is 48.5 Å². The number of aryl methyl sites for hydroxylation is 2. The Morgan fingerprint density at radius 2 is 1.16 bits per heavy atom. The summed E-state index contributed by atoms with van der Waals surface area (Å²) >= 11 is 13.3. The molecule has 0 saturated heterocycles. The number of rotatable bonds is 1. The molecule has 0 radical (unpaired) electrons. The molecule has 0 fully saturated rings. The van der Waals surface area contributed by atoms with Gasteiger partial charge in [-0.1, -0.05) is 50.9 Å². The van der Waals surface area contributed by atoms with Gasteiger partial charge in [0.1, 0.15) is 17.1 Å². The smallest absolute Gasteiger partial charge is 0.373 e. The lowest BCUT2D eigenvalue weighted by atomic mass is 9.83. The molecule has 7 heteroatoms. The molecule has 1 aliphatic heterocycles. The van der Waals surface area contributed by atoms with E-state index in [2.05, 4.69) is 0 Å². The molecule has 204 valence electrons. The summed E-state index contributed by atoms with van der Waals surface area (Å²) in [6, 6.07) is 3.58. The van der Waals surface area contributed by atoms with Crippen LogP contribution in [0.2, 0.25) is 10.0 Å². The second-order valence-corrected chi connectivity index (χ2v) is 9.24. The van der Waals surface area contributed by atoms with Crippen molar-refractivity contribution in [1.82, 2.24) is 0 Å². The predicted octanol–water partition coefficient (Wildman–Crippen LogP) is 9.21. The van der Waals surface area contributed by atoms with Gasteiger partial charge >= 0.3 is 6.15 Å². The van der Waals surface area contributed by atoms with Crippen molar-refractivity contribution in [1.29, 1.82) is 0 Å². The van der Waals surface area contributed by atoms with E-state index in [4.69, 9.17) is 37.2 Å². The van der Waals surface area contributed by atoms with Crippen LogP contribution in [-0.2, 0) is 9.59 Å². The number of phenols is 1. The maximum Gasteiger partial charge on any atom is 0.373 e. The van der Waals surface area contributed by atoms with E-state index in [0.29, 0.717) is 38.1 Å². The van der Waals surface area contributed by atoms with E-state index in [1.807, 2.05) is 69.2 Å². The molecule has 1 N–H and O–H groups in total. The highest BCUT2D eigenvalue weighted by Crippen LogP contribution is 2.50. The lowest BCUT2D eigenvalue weighted by Gasteiger charge is -2.25. The summed E-state index contributed by atoms with van der Waals surface area (Å²) in [5, 5.41) is 12.8. The van der Waals surface area contributed by atoms with E-state index in [9.17, 15) is 9.90 Å². The lowest BCUT2D eigenvalue weighted by molar-refractivity contribution is -0.191. The van der Waals surface area contributed by atoms with Crippen LogP contribution in [-0.4, -0.2) is 11.3 Å². The summed E-state index contributed by atoms with van der Waals surface area (Å²) in [5.41, 5.74) is 8.28. The van der Waals surface area contributed by atoms with Gasteiger partial charge in [0.2, 0.25) is 0 Å². The van der Waals surface area contributed by atoms with Gasteiger partial charge < -0.3 is 9.52 Å². The van der Waals surface area contributed by atoms with Crippen molar-refractivity contribution in [3.05, 3.63) is 71.3 Å². The van der Waals surface area contributed by atoms with Gasteiger partial charge in [-0.05, 0) is 82.9 Å². The summed E-state index contributed by atoms with van der Waals surface area (Å²) in [6.45, 7) is 21.2. The van der Waals surface area contributed by atoms with Crippen LogP contribution in [0.5, 0.6) is 5.75 Å². The average molecular weight is 560 g/mol. The maximum atomic E-state index is 12.9. The first-order chi connectivity index (χ1) is 17.9. The highest BCUT2D eigenvalue weighted by molar-refractivity contribution is 6.37. The molecule has 5 nitrogen and oxygen atoms in total. The highest BCUT2D eigenvalue weighted by Gasteiger charge is 2.29. The Hall–Kier alpha value is -3.11. The Kier molecular flexibility index (Phi) is 11.8. The fourth-order valence-electron chi connectivity index (χ4n) is 4.51. The molecule has 2 aromatic rings. The van der Waals surface area contributed by atoms with Gasteiger partial charge in [0.25, 0.3) is 0 Å². The van der Waals surface area contributed by atoms with Crippen LogP contribution in [0.3, 0.4) is 0 Å². The number of aromatic hydroxyl groups is 1. The van der Waals surface area contributed by atoms with Crippen LogP contribution in [0.25, 0.3) is 33.4 Å². The molecule has 0 bridgehead atoms. The minimum atomic E-state index is -0.0429. The largest absolute Gasteiger partial charge is 0.507 e. The van der Waals surface area contributed by atoms with Gasteiger partial charge in [-0.3, -0.25) is 4.79 Å². The highest BCUT2D eigenvalue weighted by atomic mass is 35.5. The topological polar surface area (TPSA) is 84.6 Å². The second-order valence-electron chi connectivity index (χ2n) is 8.43. The molecule has 1 heterocycles. The Morgan fingerprint density at radius 1 is 0.658 bits per heavy atom. The first-order valence-corrected chi connectivity index (χ1v) is 13.3. The Morgan fingerprint density at radius 3 is 1.68 bits per heavy atom. The predicted molar refractivity (Wildman–Crippen MR) is 157 cm³/mol. The molecule has 0 amide bonds. The number of halogens is 2. The van der Waals surface area contributed by atoms with Gasteiger partial charge in [0.05, 0.1) is 0 Å². The normalized spacial score (nSPS) is 10.0. The third kappa shape index (κ3) is 5.51. The molecule has 0 aromatic heterocycles. The number of hydrogen-bond acceptors (Lipinski definition) is 5. The van der Waals surface area contributed by atoms with E-state index in [-0.39, 0.29) is 17.3 Å². The third-order valence-corrected chi connectivity index (χ3v) is 7.43. The van der Waals surface area contributed by atoms with E-state index >= 15 is 0 Å². The van der Waals surface area contributed by atoms with E-state index < -0.39 is 0 Å². The van der Waals surface area contributed by atoms with Gasteiger partial charge in [0, 0.05) is 48.8 Å². The molecule has 0 atom stereocenters. The lowest BCUT2D eigenvalue weighted by Crippen LogP contribution is -2.15. The molecule has 0 unspecified atom stereocenters. The fraction of sp³-hybridized carbons (Fsp3) is 0.355. The standard InChI is InChI=1S/C26H24Cl2O3.2C2H6.CO2/c1-10-12(3)23(29)15(6)25-20(10)22(19-14(5)17(27)8-9-18(19)28)21-11(2)13(4)24(30)16(7)26(21)31-25;2*1-2;2-1-3/h8-9,29H,1-7H3;2*1-2H3;. The van der Waals surface area contributed by atoms with Crippen molar-refractivity contribution in [3.8, 4) is 28.2 Å². The van der Waals surface area contributed by atoms with Crippen LogP contribution in [0.15, 0.2) is 21.3 Å². The third-order valence-electron chi connectivity index (χ3n) is 6.70. The Labute approximate surface area is 234 Å². The number of fused-ring (bicyclic) bond motifs is 2. The first-order valence-electron chi connectivity index (χ1n) is 12.5. The molecule has 1 aliphatic carbocycles. The minimum absolute atomic E-state index is 0.0429. The quantitative estimate of drug-likeness (QED) is 0.235. The summed E-state index contributed by atoms with van der Waals surface area (Å²) in [4.78, 5) is 29.1. The van der Waals surface area contributed by atoms with Gasteiger partial charge in [-0.15, -0.1) is 0 Å². The molecule has 2 aliphatic rings. The Balaban J connectivity index is 0.000000944. The van der Waals surface area contributed by atoms with Crippen LogP contribution in [0.1, 0.15) is 66.6 Å². The van der Waals surface area contributed by atoms with Crippen molar-refractivity contribution in [2.45, 2.75) is 76.2 Å². The zero-order valence-corrected chi connectivity index (χ0v) is 25.5. The number of phenolic OH excluding ortho intramolecular Hbond substituents is 1. The molecule has 0 spiro atoms. The fourth-order valence-corrected chi connectivity index (χ4v) is 4.96. The summed E-state index contributed by atoms with van der Waals surface area (Å²) in [7, 11) is 0. The van der Waals surface area contributed by atoms with Crippen molar-refractivity contribution in [2.24, 2.45) is 0 Å². The second kappa shape index (κ2) is 13.6.